The summed E-state index contributed by atoms with van der Waals surface area (Å²) in [6.45, 7) is 6.08. The van der Waals surface area contributed by atoms with Gasteiger partial charge in [0.1, 0.15) is 11.4 Å². The number of nitrogens with zero attached hydrogens (tertiary/aromatic N) is 3. The zero-order chi connectivity index (χ0) is 19.1. The van der Waals surface area contributed by atoms with Crippen molar-refractivity contribution in [2.45, 2.75) is 20.0 Å². The first-order valence-corrected chi connectivity index (χ1v) is 8.23. The van der Waals surface area contributed by atoms with Crippen LogP contribution in [0.4, 0.5) is 13.2 Å². The van der Waals surface area contributed by atoms with Crippen molar-refractivity contribution in [3.05, 3.63) is 40.7 Å². The second-order valence-electron chi connectivity index (χ2n) is 5.74. The minimum Gasteiger partial charge on any atom is -0.484 e. The fraction of sp³-hybridized carbons (Fsp3) is 0.235. The number of alkyl halides is 3. The van der Waals surface area contributed by atoms with Gasteiger partial charge in [-0.1, -0.05) is 6.58 Å². The first-order chi connectivity index (χ1) is 12.1. The number of ether oxygens (including phenoxy) is 1. The highest BCUT2D eigenvalue weighted by molar-refractivity contribution is 9.10. The Morgan fingerprint density at radius 2 is 2.00 bits per heavy atom. The molecule has 0 amide bonds. The van der Waals surface area contributed by atoms with Crippen molar-refractivity contribution in [1.82, 2.24) is 15.2 Å². The Morgan fingerprint density at radius 3 is 2.58 bits per heavy atom. The molecule has 0 aliphatic carbocycles. The van der Waals surface area contributed by atoms with Crippen LogP contribution in [-0.4, -0.2) is 28.0 Å². The Kier molecular flexibility index (Phi) is 4.74. The number of pyridine rings is 1. The summed E-state index contributed by atoms with van der Waals surface area (Å²) in [6, 6.07) is 4.75. The van der Waals surface area contributed by atoms with Gasteiger partial charge in [0.25, 0.3) is 10.7 Å². The minimum atomic E-state index is -4.42. The number of allylic oxidation sites excluding steroid dienone is 1. The molecule has 5 nitrogen and oxygen atoms in total. The number of rotatable bonds is 4. The highest BCUT2D eigenvalue weighted by Gasteiger charge is 2.28. The van der Waals surface area contributed by atoms with Crippen LogP contribution in [0.3, 0.4) is 0 Å². The molecule has 0 aliphatic heterocycles. The molecule has 9 heteroatoms. The molecule has 0 radical (unpaired) electrons. The molecule has 136 valence electrons. The molecule has 0 saturated carbocycles. The van der Waals surface area contributed by atoms with E-state index in [1.54, 1.807) is 13.0 Å². The highest BCUT2D eigenvalue weighted by atomic mass is 79.9. The number of fused-ring (bicyclic) bond motifs is 1. The first kappa shape index (κ1) is 18.4. The fourth-order valence-corrected chi connectivity index (χ4v) is 2.69. The lowest BCUT2D eigenvalue weighted by Gasteiger charge is -2.14. The normalized spacial score (nSPS) is 11.8. The molecule has 3 rings (SSSR count). The van der Waals surface area contributed by atoms with Crippen molar-refractivity contribution in [1.29, 1.82) is 0 Å². The summed E-state index contributed by atoms with van der Waals surface area (Å²) >= 11 is 3.09. The maximum Gasteiger partial charge on any atom is 0.422 e. The van der Waals surface area contributed by atoms with Gasteiger partial charge in [0, 0.05) is 26.9 Å². The van der Waals surface area contributed by atoms with Crippen molar-refractivity contribution in [3.63, 3.8) is 0 Å². The number of hydrogen-bond donors (Lipinski definition) is 0. The van der Waals surface area contributed by atoms with Crippen molar-refractivity contribution >= 4 is 32.4 Å². The van der Waals surface area contributed by atoms with Crippen LogP contribution in [0.15, 0.2) is 34.0 Å². The Morgan fingerprint density at radius 1 is 1.27 bits per heavy atom. The van der Waals surface area contributed by atoms with Crippen LogP contribution in [0.5, 0.6) is 5.75 Å². The maximum atomic E-state index is 12.5. The van der Waals surface area contributed by atoms with Crippen molar-refractivity contribution < 1.29 is 22.3 Å². The van der Waals surface area contributed by atoms with E-state index >= 15 is 0 Å². The fourth-order valence-electron chi connectivity index (χ4n) is 2.46. The molecule has 3 aromatic rings. The van der Waals surface area contributed by atoms with Gasteiger partial charge in [0.05, 0.1) is 5.52 Å². The quantitative estimate of drug-likeness (QED) is 0.562. The van der Waals surface area contributed by atoms with Crippen LogP contribution in [0.2, 0.25) is 0 Å². The Bertz CT molecular complexity index is 999. The van der Waals surface area contributed by atoms with Gasteiger partial charge in [-0.2, -0.15) is 13.2 Å². The second-order valence-corrected chi connectivity index (χ2v) is 6.41. The SMILES string of the molecule is C=C(C)c1cc(OCC(F)(F)F)cc2c(C)cc(-c3nnc(Br)o3)nc12. The number of halogens is 4. The van der Waals surface area contributed by atoms with Crippen molar-refractivity contribution in [2.24, 2.45) is 0 Å². The number of benzene rings is 1. The molecule has 0 fully saturated rings. The number of aromatic nitrogens is 3. The average Bonchev–Trinajstić information content (AvgIpc) is 2.98. The minimum absolute atomic E-state index is 0.103. The predicted molar refractivity (Wildman–Crippen MR) is 93.7 cm³/mol. The topological polar surface area (TPSA) is 61.0 Å². The van der Waals surface area contributed by atoms with Crippen LogP contribution in [0.1, 0.15) is 18.1 Å². The second kappa shape index (κ2) is 6.71. The van der Waals surface area contributed by atoms with Gasteiger partial charge < -0.3 is 9.15 Å². The highest BCUT2D eigenvalue weighted by Crippen LogP contribution is 2.33. The largest absolute Gasteiger partial charge is 0.484 e. The van der Waals surface area contributed by atoms with E-state index in [2.05, 4.69) is 37.7 Å². The van der Waals surface area contributed by atoms with E-state index in [1.807, 2.05) is 6.92 Å². The molecule has 26 heavy (non-hydrogen) atoms. The molecule has 0 bridgehead atoms. The molecule has 1 aromatic carbocycles. The lowest BCUT2D eigenvalue weighted by atomic mass is 10.0. The lowest BCUT2D eigenvalue weighted by molar-refractivity contribution is -0.153. The predicted octanol–water partition coefficient (Wildman–Crippen LogP) is 5.33. The Hall–Kier alpha value is -2.42. The molecule has 0 aliphatic rings. The van der Waals surface area contributed by atoms with Crippen LogP contribution in [0, 0.1) is 6.92 Å². The van der Waals surface area contributed by atoms with Crippen LogP contribution in [0.25, 0.3) is 28.1 Å². The van der Waals surface area contributed by atoms with E-state index in [0.717, 1.165) is 5.56 Å². The Balaban J connectivity index is 2.15. The molecule has 0 unspecified atom stereocenters. The zero-order valence-corrected chi connectivity index (χ0v) is 15.4. The third kappa shape index (κ3) is 3.87. The van der Waals surface area contributed by atoms with Gasteiger partial charge >= 0.3 is 6.18 Å². The van der Waals surface area contributed by atoms with Gasteiger partial charge in [-0.15, -0.1) is 10.2 Å². The summed E-state index contributed by atoms with van der Waals surface area (Å²) in [4.78, 5) is 4.76. The molecular formula is C17H13BrF3N3O2. The van der Waals surface area contributed by atoms with Gasteiger partial charge in [0.15, 0.2) is 6.61 Å². The molecule has 2 aromatic heterocycles. The summed E-state index contributed by atoms with van der Waals surface area (Å²) in [7, 11) is 0. The van der Waals surface area contributed by atoms with Crippen LogP contribution in [-0.2, 0) is 0 Å². The first-order valence-electron chi connectivity index (χ1n) is 7.44. The van der Waals surface area contributed by atoms with Gasteiger partial charge in [-0.05, 0) is 43.2 Å². The Labute approximate surface area is 155 Å². The third-order valence-corrected chi connectivity index (χ3v) is 3.90. The van der Waals surface area contributed by atoms with Crippen LogP contribution < -0.4 is 4.74 Å². The molecule has 0 N–H and O–H groups in total. The zero-order valence-electron chi connectivity index (χ0n) is 13.8. The van der Waals surface area contributed by atoms with Crippen molar-refractivity contribution in [3.8, 4) is 17.3 Å². The van der Waals surface area contributed by atoms with E-state index in [-0.39, 0.29) is 16.4 Å². The molecule has 0 atom stereocenters. The summed E-state index contributed by atoms with van der Waals surface area (Å²) < 4.78 is 47.6. The van der Waals surface area contributed by atoms with E-state index in [1.165, 1.54) is 12.1 Å². The lowest BCUT2D eigenvalue weighted by Crippen LogP contribution is -2.19. The van der Waals surface area contributed by atoms with E-state index in [0.29, 0.717) is 27.7 Å². The monoisotopic (exact) mass is 427 g/mol. The maximum absolute atomic E-state index is 12.5. The number of hydrogen-bond acceptors (Lipinski definition) is 5. The molecule has 0 spiro atoms. The van der Waals surface area contributed by atoms with Crippen molar-refractivity contribution in [2.75, 3.05) is 6.61 Å². The summed E-state index contributed by atoms with van der Waals surface area (Å²) in [6.07, 6.45) is -4.42. The molecule has 0 saturated heterocycles. The molecule has 2 heterocycles. The van der Waals surface area contributed by atoms with Gasteiger partial charge in [-0.3, -0.25) is 0 Å². The van der Waals surface area contributed by atoms with Crippen LogP contribution >= 0.6 is 15.9 Å². The average molecular weight is 428 g/mol. The third-order valence-electron chi connectivity index (χ3n) is 3.58. The smallest absolute Gasteiger partial charge is 0.422 e. The summed E-state index contributed by atoms with van der Waals surface area (Å²) in [5.41, 5.74) is 3.03. The van der Waals surface area contributed by atoms with E-state index < -0.39 is 12.8 Å². The van der Waals surface area contributed by atoms with E-state index in [4.69, 9.17) is 9.15 Å². The molecular weight excluding hydrogens is 415 g/mol. The summed E-state index contributed by atoms with van der Waals surface area (Å²) in [5, 5.41) is 8.28. The summed E-state index contributed by atoms with van der Waals surface area (Å²) in [5.74, 6) is 0.331. The standard InChI is InChI=1S/C17H13BrF3N3O2/c1-8(2)11-5-10(25-7-17(19,20)21)6-12-9(3)4-13(22-14(11)12)15-23-24-16(18)26-15/h4-6H,1,7H2,2-3H3. The van der Waals surface area contributed by atoms with Gasteiger partial charge in [0.2, 0.25) is 0 Å². The van der Waals surface area contributed by atoms with E-state index in [9.17, 15) is 13.2 Å². The number of aryl methyl sites for hydroxylation is 1. The van der Waals surface area contributed by atoms with Gasteiger partial charge in [-0.25, -0.2) is 4.98 Å².